The first-order chi connectivity index (χ1) is 10.5. The summed E-state index contributed by atoms with van der Waals surface area (Å²) in [4.78, 5) is 14.0. The number of hydrogen-bond donors (Lipinski definition) is 0. The van der Waals surface area contributed by atoms with E-state index in [1.54, 1.807) is 26.1 Å². The average molecular weight is 391 g/mol. The quantitative estimate of drug-likeness (QED) is 0.761. The van der Waals surface area contributed by atoms with E-state index in [0.29, 0.717) is 17.3 Å². The largest absolute Gasteiger partial charge is 0.376 e. The molecule has 0 radical (unpaired) electrons. The number of halogens is 2. The van der Waals surface area contributed by atoms with Crippen molar-refractivity contribution in [2.24, 2.45) is 0 Å². The number of likely N-dealkylation sites (N-methyl/N-ethyl adjacent to an activating group) is 1. The lowest BCUT2D eigenvalue weighted by atomic mass is 10.1. The molecule has 0 aromatic heterocycles. The van der Waals surface area contributed by atoms with Crippen LogP contribution < -0.4 is 4.90 Å². The molecule has 1 amide bonds. The molecule has 0 aliphatic carbocycles. The summed E-state index contributed by atoms with van der Waals surface area (Å²) in [7, 11) is 1.70. The third kappa shape index (κ3) is 4.69. The summed E-state index contributed by atoms with van der Waals surface area (Å²) >= 11 is 9.54. The SMILES string of the molecule is CC(OCC1CCCCO1)C(=O)N(C)c1ccc(Br)cc1Cl. The van der Waals surface area contributed by atoms with Crippen LogP contribution in [0.2, 0.25) is 5.02 Å². The summed E-state index contributed by atoms with van der Waals surface area (Å²) in [5.41, 5.74) is 0.666. The van der Waals surface area contributed by atoms with Crippen LogP contribution in [0.5, 0.6) is 0 Å². The molecule has 4 nitrogen and oxygen atoms in total. The molecule has 1 heterocycles. The van der Waals surface area contributed by atoms with Gasteiger partial charge in [-0.2, -0.15) is 0 Å². The Balaban J connectivity index is 1.91. The predicted octanol–water partition coefficient (Wildman–Crippen LogP) is 4.04. The highest BCUT2D eigenvalue weighted by atomic mass is 79.9. The lowest BCUT2D eigenvalue weighted by Gasteiger charge is -2.26. The van der Waals surface area contributed by atoms with Crippen LogP contribution in [0.25, 0.3) is 0 Å². The van der Waals surface area contributed by atoms with E-state index in [4.69, 9.17) is 21.1 Å². The fourth-order valence-corrected chi connectivity index (χ4v) is 3.21. The molecule has 1 fully saturated rings. The van der Waals surface area contributed by atoms with Crippen LogP contribution in [0.4, 0.5) is 5.69 Å². The number of hydrogen-bond acceptors (Lipinski definition) is 3. The number of nitrogens with zero attached hydrogens (tertiary/aromatic N) is 1. The minimum atomic E-state index is -0.532. The van der Waals surface area contributed by atoms with Crippen molar-refractivity contribution in [1.82, 2.24) is 0 Å². The van der Waals surface area contributed by atoms with Crippen molar-refractivity contribution in [1.29, 1.82) is 0 Å². The smallest absolute Gasteiger partial charge is 0.255 e. The Labute approximate surface area is 144 Å². The highest BCUT2D eigenvalue weighted by Crippen LogP contribution is 2.28. The highest BCUT2D eigenvalue weighted by Gasteiger charge is 2.23. The Bertz CT molecular complexity index is 520. The molecule has 122 valence electrons. The van der Waals surface area contributed by atoms with E-state index in [9.17, 15) is 4.79 Å². The van der Waals surface area contributed by atoms with E-state index in [1.165, 1.54) is 4.90 Å². The molecule has 1 saturated heterocycles. The summed E-state index contributed by atoms with van der Waals surface area (Å²) < 4.78 is 12.2. The molecular weight excluding hydrogens is 370 g/mol. The molecule has 1 aromatic rings. The zero-order valence-corrected chi connectivity index (χ0v) is 15.2. The molecule has 22 heavy (non-hydrogen) atoms. The average Bonchev–Trinajstić information content (AvgIpc) is 2.52. The van der Waals surface area contributed by atoms with Gasteiger partial charge < -0.3 is 14.4 Å². The van der Waals surface area contributed by atoms with Crippen LogP contribution in [0.3, 0.4) is 0 Å². The molecule has 1 aliphatic rings. The molecule has 0 bridgehead atoms. The summed E-state index contributed by atoms with van der Waals surface area (Å²) in [6.07, 6.45) is 2.83. The van der Waals surface area contributed by atoms with Gasteiger partial charge >= 0.3 is 0 Å². The van der Waals surface area contributed by atoms with Crippen LogP contribution in [0.15, 0.2) is 22.7 Å². The van der Waals surface area contributed by atoms with Gasteiger partial charge in [-0.3, -0.25) is 4.79 Å². The molecule has 2 unspecified atom stereocenters. The molecule has 2 rings (SSSR count). The molecule has 0 spiro atoms. The van der Waals surface area contributed by atoms with Gasteiger partial charge in [0, 0.05) is 18.1 Å². The number of rotatable bonds is 5. The number of carbonyl (C=O) groups is 1. The Morgan fingerprint density at radius 1 is 1.55 bits per heavy atom. The first-order valence-electron chi connectivity index (χ1n) is 7.45. The topological polar surface area (TPSA) is 38.8 Å². The monoisotopic (exact) mass is 389 g/mol. The van der Waals surface area contributed by atoms with Gasteiger partial charge in [0.15, 0.2) is 0 Å². The van der Waals surface area contributed by atoms with E-state index in [2.05, 4.69) is 15.9 Å². The Kier molecular flexibility index (Phi) is 6.68. The fourth-order valence-electron chi connectivity index (χ4n) is 2.41. The van der Waals surface area contributed by atoms with Crippen LogP contribution in [-0.4, -0.2) is 38.4 Å². The van der Waals surface area contributed by atoms with Gasteiger partial charge in [0.25, 0.3) is 5.91 Å². The Morgan fingerprint density at radius 3 is 2.95 bits per heavy atom. The number of benzene rings is 1. The minimum absolute atomic E-state index is 0.102. The van der Waals surface area contributed by atoms with Crippen molar-refractivity contribution < 1.29 is 14.3 Å². The van der Waals surface area contributed by atoms with E-state index < -0.39 is 6.10 Å². The molecule has 1 aliphatic heterocycles. The van der Waals surface area contributed by atoms with Gasteiger partial charge in [-0.15, -0.1) is 0 Å². The molecule has 6 heteroatoms. The normalized spacial score (nSPS) is 19.7. The zero-order chi connectivity index (χ0) is 16.1. The molecule has 0 saturated carbocycles. The van der Waals surface area contributed by atoms with Gasteiger partial charge in [-0.1, -0.05) is 27.5 Å². The highest BCUT2D eigenvalue weighted by molar-refractivity contribution is 9.10. The molecule has 2 atom stereocenters. The maximum atomic E-state index is 12.4. The van der Waals surface area contributed by atoms with Crippen molar-refractivity contribution >= 4 is 39.1 Å². The first kappa shape index (κ1) is 17.7. The second-order valence-corrected chi connectivity index (χ2v) is 6.78. The standard InChI is InChI=1S/C16H21BrClNO3/c1-11(22-10-13-5-3-4-8-21-13)16(20)19(2)15-7-6-12(17)9-14(15)18/h6-7,9,11,13H,3-5,8,10H2,1-2H3. The Morgan fingerprint density at radius 2 is 2.32 bits per heavy atom. The number of amides is 1. The third-order valence-corrected chi connectivity index (χ3v) is 4.55. The zero-order valence-electron chi connectivity index (χ0n) is 12.9. The van der Waals surface area contributed by atoms with Gasteiger partial charge in [-0.25, -0.2) is 0 Å². The summed E-state index contributed by atoms with van der Waals surface area (Å²) in [6.45, 7) is 2.99. The van der Waals surface area contributed by atoms with Crippen LogP contribution in [0.1, 0.15) is 26.2 Å². The first-order valence-corrected chi connectivity index (χ1v) is 8.62. The second kappa shape index (κ2) is 8.29. The van der Waals surface area contributed by atoms with E-state index >= 15 is 0 Å². The van der Waals surface area contributed by atoms with Crippen molar-refractivity contribution in [2.45, 2.75) is 38.4 Å². The molecule has 1 aromatic carbocycles. The maximum Gasteiger partial charge on any atom is 0.255 e. The molecular formula is C16H21BrClNO3. The van der Waals surface area contributed by atoms with Gasteiger partial charge in [0.1, 0.15) is 6.10 Å². The van der Waals surface area contributed by atoms with Crippen LogP contribution in [0, 0.1) is 0 Å². The predicted molar refractivity (Wildman–Crippen MR) is 91.6 cm³/mol. The Hall–Kier alpha value is -0.620. The van der Waals surface area contributed by atoms with Crippen molar-refractivity contribution in [3.63, 3.8) is 0 Å². The second-order valence-electron chi connectivity index (χ2n) is 5.46. The fraction of sp³-hybridized carbons (Fsp3) is 0.562. The van der Waals surface area contributed by atoms with Crippen molar-refractivity contribution in [3.05, 3.63) is 27.7 Å². The summed E-state index contributed by atoms with van der Waals surface area (Å²) in [5.74, 6) is -0.125. The lowest BCUT2D eigenvalue weighted by molar-refractivity contribution is -0.132. The molecule has 0 N–H and O–H groups in total. The van der Waals surface area contributed by atoms with Crippen molar-refractivity contribution in [2.75, 3.05) is 25.2 Å². The van der Waals surface area contributed by atoms with Gasteiger partial charge in [0.05, 0.1) is 23.4 Å². The number of anilines is 1. The summed E-state index contributed by atoms with van der Waals surface area (Å²) in [6, 6.07) is 5.43. The van der Waals surface area contributed by atoms with Gasteiger partial charge in [-0.05, 0) is 44.4 Å². The minimum Gasteiger partial charge on any atom is -0.376 e. The van der Waals surface area contributed by atoms with E-state index in [1.807, 2.05) is 6.07 Å². The summed E-state index contributed by atoms with van der Waals surface area (Å²) in [5, 5.41) is 0.521. The van der Waals surface area contributed by atoms with E-state index in [-0.39, 0.29) is 12.0 Å². The van der Waals surface area contributed by atoms with Crippen LogP contribution >= 0.6 is 27.5 Å². The number of carbonyl (C=O) groups excluding carboxylic acids is 1. The van der Waals surface area contributed by atoms with Crippen molar-refractivity contribution in [3.8, 4) is 0 Å². The van der Waals surface area contributed by atoms with Crippen LogP contribution in [-0.2, 0) is 14.3 Å². The third-order valence-electron chi connectivity index (χ3n) is 3.76. The lowest BCUT2D eigenvalue weighted by Crippen LogP contribution is -2.38. The van der Waals surface area contributed by atoms with Gasteiger partial charge in [0.2, 0.25) is 0 Å². The maximum absolute atomic E-state index is 12.4. The van der Waals surface area contributed by atoms with E-state index in [0.717, 1.165) is 30.3 Å². The number of ether oxygens (including phenoxy) is 2.